The number of ether oxygens (including phenoxy) is 5. The molecule has 198 valence electrons. The van der Waals surface area contributed by atoms with Crippen molar-refractivity contribution >= 4 is 6.09 Å². The number of nitrogens with one attached hydrogen (secondary N) is 1. The highest BCUT2D eigenvalue weighted by molar-refractivity contribution is 5.73. The second kappa shape index (κ2) is 9.76. The number of alkyl carbamates (subject to hydrolysis) is 1. The van der Waals surface area contributed by atoms with Crippen LogP contribution >= 0.6 is 0 Å². The quantitative estimate of drug-likeness (QED) is 0.404. The van der Waals surface area contributed by atoms with Gasteiger partial charge in [0.15, 0.2) is 5.60 Å². The third-order valence-electron chi connectivity index (χ3n) is 7.90. The Kier molecular flexibility index (Phi) is 6.27. The van der Waals surface area contributed by atoms with Crippen molar-refractivity contribution in [1.29, 1.82) is 0 Å². The van der Waals surface area contributed by atoms with Crippen molar-refractivity contribution in [2.75, 3.05) is 27.4 Å². The first-order valence-electron chi connectivity index (χ1n) is 12.9. The molecule has 2 fully saturated rings. The van der Waals surface area contributed by atoms with Crippen LogP contribution in [0.25, 0.3) is 0 Å². The second-order valence-electron chi connectivity index (χ2n) is 9.85. The predicted molar refractivity (Wildman–Crippen MR) is 139 cm³/mol. The summed E-state index contributed by atoms with van der Waals surface area (Å²) in [6.45, 7) is 0.594. The van der Waals surface area contributed by atoms with E-state index < -0.39 is 17.8 Å². The number of aliphatic hydroxyl groups is 1. The van der Waals surface area contributed by atoms with Crippen LogP contribution in [0.4, 0.5) is 4.79 Å². The molecule has 3 aromatic rings. The molecule has 3 aromatic carbocycles. The number of amides is 1. The summed E-state index contributed by atoms with van der Waals surface area (Å²) in [6.07, 6.45) is 0.500. The molecule has 38 heavy (non-hydrogen) atoms. The largest absolute Gasteiger partial charge is 0.497 e. The molecule has 8 heteroatoms. The van der Waals surface area contributed by atoms with Gasteiger partial charge in [0.2, 0.25) is 0 Å². The van der Waals surface area contributed by atoms with Gasteiger partial charge in [0, 0.05) is 24.3 Å². The van der Waals surface area contributed by atoms with E-state index in [4.69, 9.17) is 28.8 Å². The van der Waals surface area contributed by atoms with Crippen molar-refractivity contribution in [3.8, 4) is 23.0 Å². The van der Waals surface area contributed by atoms with Crippen LogP contribution in [-0.2, 0) is 10.3 Å². The molecule has 2 aliphatic heterocycles. The van der Waals surface area contributed by atoms with Crippen LogP contribution in [-0.4, -0.2) is 50.8 Å². The first-order chi connectivity index (χ1) is 18.6. The van der Waals surface area contributed by atoms with E-state index in [1.807, 2.05) is 54.6 Å². The molecule has 1 amide bonds. The number of methoxy groups -OCH3 is 2. The predicted octanol–water partition coefficient (Wildman–Crippen LogP) is 4.50. The molecule has 0 bridgehead atoms. The lowest BCUT2D eigenvalue weighted by Gasteiger charge is -2.37. The fourth-order valence-corrected chi connectivity index (χ4v) is 6.40. The van der Waals surface area contributed by atoms with E-state index in [2.05, 4.69) is 17.4 Å². The molecule has 0 radical (unpaired) electrons. The van der Waals surface area contributed by atoms with E-state index in [1.165, 1.54) is 0 Å². The third kappa shape index (κ3) is 3.74. The molecule has 5 atom stereocenters. The van der Waals surface area contributed by atoms with E-state index in [0.717, 1.165) is 28.9 Å². The van der Waals surface area contributed by atoms with Gasteiger partial charge in [-0.2, -0.15) is 0 Å². The monoisotopic (exact) mass is 517 g/mol. The molecule has 8 nitrogen and oxygen atoms in total. The number of aliphatic hydroxyl groups excluding tert-OH is 1. The fourth-order valence-electron chi connectivity index (χ4n) is 6.40. The summed E-state index contributed by atoms with van der Waals surface area (Å²) in [5, 5.41) is 12.2. The molecule has 2 N–H and O–H groups in total. The number of carbonyl (C=O) groups is 1. The average molecular weight is 518 g/mol. The number of carbonyl (C=O) groups excluding carboxylic acids is 1. The molecule has 1 saturated carbocycles. The maximum absolute atomic E-state index is 12.6. The standard InChI is InChI=1S/C30H31NO7/c1-34-20-12-10-19(11-13-20)30-25(18-8-4-3-5-9-18)27-28(37-29(33)31-27)26(30)24-22(35-2)16-21(17-23(24)38-30)36-15-7-6-14-32/h3-5,8-13,16-17,25-28,32H,6-7,14-15H2,1-2H3,(H,31,33)/t25-,26?,27-,28+,30+/m1/s1. The topological polar surface area (TPSA) is 95.5 Å². The van der Waals surface area contributed by atoms with Gasteiger partial charge in [0.1, 0.15) is 29.1 Å². The van der Waals surface area contributed by atoms with Crippen LogP contribution in [0, 0.1) is 0 Å². The lowest BCUT2D eigenvalue weighted by atomic mass is 9.73. The summed E-state index contributed by atoms with van der Waals surface area (Å²) >= 11 is 0. The SMILES string of the molecule is COc1ccc([C@@]23Oc4cc(OCCCCO)cc(OC)c4C2[C@@H]2OC(=O)N[C@@H]2[C@H]3c2ccccc2)cc1. The normalized spacial score (nSPS) is 26.4. The van der Waals surface area contributed by atoms with Gasteiger partial charge in [-0.1, -0.05) is 42.5 Å². The van der Waals surface area contributed by atoms with Crippen LogP contribution < -0.4 is 24.3 Å². The van der Waals surface area contributed by atoms with Crippen molar-refractivity contribution in [3.63, 3.8) is 0 Å². The maximum atomic E-state index is 12.6. The average Bonchev–Trinajstić information content (AvgIpc) is 3.56. The number of benzene rings is 3. The van der Waals surface area contributed by atoms with Crippen LogP contribution in [0.5, 0.6) is 23.0 Å². The second-order valence-corrected chi connectivity index (χ2v) is 9.85. The van der Waals surface area contributed by atoms with Gasteiger partial charge < -0.3 is 34.1 Å². The Morgan fingerprint density at radius 2 is 1.74 bits per heavy atom. The smallest absolute Gasteiger partial charge is 0.407 e. The molecule has 1 aliphatic carbocycles. The highest BCUT2D eigenvalue weighted by Gasteiger charge is 2.71. The van der Waals surface area contributed by atoms with Crippen LogP contribution in [0.15, 0.2) is 66.7 Å². The summed E-state index contributed by atoms with van der Waals surface area (Å²) < 4.78 is 30.3. The van der Waals surface area contributed by atoms with Gasteiger partial charge in [0.25, 0.3) is 0 Å². The molecule has 3 aliphatic rings. The minimum atomic E-state index is -0.887. The Labute approximate surface area is 221 Å². The Morgan fingerprint density at radius 3 is 2.45 bits per heavy atom. The van der Waals surface area contributed by atoms with Gasteiger partial charge >= 0.3 is 6.09 Å². The Morgan fingerprint density at radius 1 is 0.947 bits per heavy atom. The summed E-state index contributed by atoms with van der Waals surface area (Å²) in [4.78, 5) is 12.6. The third-order valence-corrected chi connectivity index (χ3v) is 7.90. The van der Waals surface area contributed by atoms with Crippen molar-refractivity contribution in [2.45, 2.75) is 42.4 Å². The maximum Gasteiger partial charge on any atom is 0.407 e. The van der Waals surface area contributed by atoms with Gasteiger partial charge in [-0.25, -0.2) is 4.79 Å². The van der Waals surface area contributed by atoms with E-state index in [1.54, 1.807) is 14.2 Å². The molecule has 0 spiro atoms. The molecule has 2 heterocycles. The van der Waals surface area contributed by atoms with Crippen LogP contribution in [0.2, 0.25) is 0 Å². The number of unbranched alkanes of at least 4 members (excludes halogenated alkanes) is 1. The molecule has 0 aromatic heterocycles. The fraction of sp³-hybridized carbons (Fsp3) is 0.367. The van der Waals surface area contributed by atoms with E-state index in [9.17, 15) is 4.79 Å². The van der Waals surface area contributed by atoms with E-state index in [0.29, 0.717) is 30.3 Å². The molecular weight excluding hydrogens is 486 g/mol. The summed E-state index contributed by atoms with van der Waals surface area (Å²) in [5.74, 6) is 2.05. The number of hydrogen-bond donors (Lipinski definition) is 2. The molecular formula is C30H31NO7. The number of fused-ring (bicyclic) bond motifs is 5. The van der Waals surface area contributed by atoms with Crippen LogP contribution in [0.3, 0.4) is 0 Å². The zero-order valence-electron chi connectivity index (χ0n) is 21.4. The van der Waals surface area contributed by atoms with Gasteiger partial charge in [-0.15, -0.1) is 0 Å². The Bertz CT molecular complexity index is 1310. The van der Waals surface area contributed by atoms with Gasteiger partial charge in [-0.3, -0.25) is 0 Å². The molecule has 6 rings (SSSR count). The first-order valence-corrected chi connectivity index (χ1v) is 12.9. The zero-order chi connectivity index (χ0) is 26.3. The minimum Gasteiger partial charge on any atom is -0.497 e. The molecule has 1 unspecified atom stereocenters. The summed E-state index contributed by atoms with van der Waals surface area (Å²) in [5.41, 5.74) is 1.96. The highest BCUT2D eigenvalue weighted by Crippen LogP contribution is 2.67. The van der Waals surface area contributed by atoms with Crippen molar-refractivity contribution in [2.24, 2.45) is 0 Å². The van der Waals surface area contributed by atoms with Crippen LogP contribution in [0.1, 0.15) is 41.4 Å². The van der Waals surface area contributed by atoms with Crippen molar-refractivity contribution < 1.29 is 33.6 Å². The lowest BCUT2D eigenvalue weighted by molar-refractivity contribution is 0.0389. The lowest BCUT2D eigenvalue weighted by Crippen LogP contribution is -2.43. The van der Waals surface area contributed by atoms with E-state index in [-0.39, 0.29) is 24.5 Å². The zero-order valence-corrected chi connectivity index (χ0v) is 21.4. The van der Waals surface area contributed by atoms with Gasteiger partial charge in [-0.05, 0) is 36.1 Å². The molecule has 1 saturated heterocycles. The first kappa shape index (κ1) is 24.4. The number of rotatable bonds is 9. The number of hydrogen-bond acceptors (Lipinski definition) is 7. The highest BCUT2D eigenvalue weighted by atomic mass is 16.6. The Balaban J connectivity index is 1.53. The summed E-state index contributed by atoms with van der Waals surface area (Å²) in [7, 11) is 3.26. The summed E-state index contributed by atoms with van der Waals surface area (Å²) in [6, 6.07) is 21.5. The Hall–Kier alpha value is -3.91. The van der Waals surface area contributed by atoms with Crippen molar-refractivity contribution in [3.05, 3.63) is 83.4 Å². The van der Waals surface area contributed by atoms with Crippen molar-refractivity contribution in [1.82, 2.24) is 5.32 Å². The minimum absolute atomic E-state index is 0.127. The van der Waals surface area contributed by atoms with Gasteiger partial charge in [0.05, 0.1) is 38.7 Å². The van der Waals surface area contributed by atoms with E-state index >= 15 is 0 Å².